The van der Waals surface area contributed by atoms with Crippen LogP contribution in [0.2, 0.25) is 0 Å². The van der Waals surface area contributed by atoms with Gasteiger partial charge in [-0.15, -0.1) is 0 Å². The number of ketones is 1. The molecule has 7 nitrogen and oxygen atoms in total. The monoisotopic (exact) mass is 511 g/mol. The Kier molecular flexibility index (Phi) is 9.83. The number of rotatable bonds is 11. The second-order valence-corrected chi connectivity index (χ2v) is 9.62. The Labute approximate surface area is 219 Å². The van der Waals surface area contributed by atoms with E-state index < -0.39 is 12.1 Å². The van der Waals surface area contributed by atoms with Crippen LogP contribution in [0.5, 0.6) is 11.5 Å². The molecule has 2 aliphatic heterocycles. The zero-order valence-corrected chi connectivity index (χ0v) is 22.3. The number of aliphatic hydroxyl groups is 1. The SMILES string of the molecule is C=C(N[C@H](CN1CCCC1)[C@H](O)c1cc(C)c2c(c1)OCCO2)C(=O)C(C)=NC(=C)/C(C)=C/C=C(\C)F. The van der Waals surface area contributed by atoms with Gasteiger partial charge in [0.25, 0.3) is 0 Å². The molecule has 2 aliphatic rings. The summed E-state index contributed by atoms with van der Waals surface area (Å²) in [6.07, 6.45) is 4.15. The fourth-order valence-corrected chi connectivity index (χ4v) is 4.41. The van der Waals surface area contributed by atoms with Crippen LogP contribution in [0, 0.1) is 6.92 Å². The third kappa shape index (κ3) is 7.63. The molecule has 3 rings (SSSR count). The fraction of sp³-hybridized carbons (Fsp3) is 0.448. The van der Waals surface area contributed by atoms with Gasteiger partial charge in [0, 0.05) is 6.54 Å². The van der Waals surface area contributed by atoms with Crippen molar-refractivity contribution in [3.05, 3.63) is 71.4 Å². The number of carbonyl (C=O) groups excluding carboxylic acids is 1. The highest BCUT2D eigenvalue weighted by atomic mass is 19.1. The number of benzene rings is 1. The van der Waals surface area contributed by atoms with E-state index in [2.05, 4.69) is 28.4 Å². The Hall–Kier alpha value is -3.23. The van der Waals surface area contributed by atoms with E-state index in [1.807, 2.05) is 13.0 Å². The van der Waals surface area contributed by atoms with Crippen LogP contribution in [0.15, 0.2) is 65.2 Å². The van der Waals surface area contributed by atoms with E-state index >= 15 is 0 Å². The molecule has 2 N–H and O–H groups in total. The predicted molar refractivity (Wildman–Crippen MR) is 145 cm³/mol. The molecule has 0 radical (unpaired) electrons. The van der Waals surface area contributed by atoms with E-state index in [-0.39, 0.29) is 23.0 Å². The average Bonchev–Trinajstić information content (AvgIpc) is 3.38. The summed E-state index contributed by atoms with van der Waals surface area (Å²) in [4.78, 5) is 19.6. The summed E-state index contributed by atoms with van der Waals surface area (Å²) in [5, 5.41) is 14.6. The second kappa shape index (κ2) is 12.8. The number of hydrogen-bond donors (Lipinski definition) is 2. The molecule has 0 spiro atoms. The summed E-state index contributed by atoms with van der Waals surface area (Å²) in [5.41, 5.74) is 2.88. The number of aryl methyl sites for hydroxylation is 1. The van der Waals surface area contributed by atoms with Crippen molar-refractivity contribution < 1.29 is 23.8 Å². The zero-order chi connectivity index (χ0) is 27.1. The van der Waals surface area contributed by atoms with Crippen molar-refractivity contribution in [3.8, 4) is 11.5 Å². The predicted octanol–water partition coefficient (Wildman–Crippen LogP) is 4.73. The molecular formula is C29H38FN3O4. The first-order chi connectivity index (χ1) is 17.6. The Bertz CT molecular complexity index is 1130. The number of aliphatic hydroxyl groups excluding tert-OH is 1. The number of allylic oxidation sites excluding steroid dienone is 5. The van der Waals surface area contributed by atoms with Crippen LogP contribution in [0.3, 0.4) is 0 Å². The number of carbonyl (C=O) groups is 1. The maximum atomic E-state index is 13.1. The normalized spacial score (nSPS) is 18.4. The first-order valence-electron chi connectivity index (χ1n) is 12.6. The summed E-state index contributed by atoms with van der Waals surface area (Å²) in [6.45, 7) is 17.8. The van der Waals surface area contributed by atoms with Gasteiger partial charge in [-0.1, -0.05) is 19.2 Å². The minimum Gasteiger partial charge on any atom is -0.486 e. The van der Waals surface area contributed by atoms with Gasteiger partial charge in [-0.3, -0.25) is 4.79 Å². The lowest BCUT2D eigenvalue weighted by molar-refractivity contribution is -0.110. The number of nitrogens with one attached hydrogen (secondary N) is 1. The van der Waals surface area contributed by atoms with Crippen LogP contribution < -0.4 is 14.8 Å². The Morgan fingerprint density at radius 1 is 1.19 bits per heavy atom. The molecule has 0 amide bonds. The number of fused-ring (bicyclic) bond motifs is 1. The second-order valence-electron chi connectivity index (χ2n) is 9.62. The van der Waals surface area contributed by atoms with Gasteiger partial charge in [-0.05, 0) is 88.5 Å². The summed E-state index contributed by atoms with van der Waals surface area (Å²) < 4.78 is 24.5. The minimum absolute atomic E-state index is 0.132. The molecule has 37 heavy (non-hydrogen) atoms. The smallest absolute Gasteiger partial charge is 0.222 e. The van der Waals surface area contributed by atoms with Crippen molar-refractivity contribution in [2.24, 2.45) is 4.99 Å². The standard InChI is InChI=1S/C29H38FN3O4/c1-18(9-10-20(3)30)21(4)31-22(5)27(34)23(6)32-25(17-33-11-7-8-12-33)28(35)24-15-19(2)29-26(16-24)36-13-14-37-29/h9-10,15-16,25,28,32,35H,4,6-8,11-14,17H2,1-3,5H3/b18-9+,20-10+,31-22?/t25-,28-/m1/s1. The maximum absolute atomic E-state index is 13.1. The molecule has 2 atom stereocenters. The van der Waals surface area contributed by atoms with E-state index in [9.17, 15) is 14.3 Å². The number of Topliss-reactive ketones (excluding diaryl/α,β-unsaturated/α-hetero) is 1. The molecule has 0 aromatic heterocycles. The number of hydrogen-bond acceptors (Lipinski definition) is 7. The molecule has 0 unspecified atom stereocenters. The summed E-state index contributed by atoms with van der Waals surface area (Å²) in [7, 11) is 0. The maximum Gasteiger partial charge on any atom is 0.222 e. The van der Waals surface area contributed by atoms with Gasteiger partial charge in [0.2, 0.25) is 5.78 Å². The molecule has 8 heteroatoms. The van der Waals surface area contributed by atoms with E-state index in [1.165, 1.54) is 13.0 Å². The lowest BCUT2D eigenvalue weighted by Gasteiger charge is -2.31. The highest BCUT2D eigenvalue weighted by molar-refractivity contribution is 6.45. The number of aliphatic imine (C=N–C) groups is 1. The topological polar surface area (TPSA) is 83.4 Å². The fourth-order valence-electron chi connectivity index (χ4n) is 4.41. The van der Waals surface area contributed by atoms with Crippen molar-refractivity contribution in [1.82, 2.24) is 10.2 Å². The molecule has 0 aliphatic carbocycles. The number of nitrogens with zero attached hydrogens (tertiary/aromatic N) is 2. The molecular weight excluding hydrogens is 473 g/mol. The van der Waals surface area contributed by atoms with Gasteiger partial charge in [0.05, 0.1) is 29.0 Å². The van der Waals surface area contributed by atoms with E-state index in [4.69, 9.17) is 9.47 Å². The van der Waals surface area contributed by atoms with Crippen LogP contribution in [0.4, 0.5) is 4.39 Å². The lowest BCUT2D eigenvalue weighted by atomic mass is 9.98. The van der Waals surface area contributed by atoms with Crippen molar-refractivity contribution in [1.29, 1.82) is 0 Å². The van der Waals surface area contributed by atoms with Gasteiger partial charge in [0.15, 0.2) is 11.5 Å². The number of likely N-dealkylation sites (tertiary alicyclic amines) is 1. The summed E-state index contributed by atoms with van der Waals surface area (Å²) >= 11 is 0. The average molecular weight is 512 g/mol. The van der Waals surface area contributed by atoms with Crippen LogP contribution in [0.1, 0.15) is 50.8 Å². The molecule has 1 saturated heterocycles. The minimum atomic E-state index is -0.923. The van der Waals surface area contributed by atoms with Crippen molar-refractivity contribution in [2.45, 2.75) is 52.7 Å². The molecule has 200 valence electrons. The van der Waals surface area contributed by atoms with Crippen LogP contribution in [-0.4, -0.2) is 60.4 Å². The third-order valence-electron chi connectivity index (χ3n) is 6.51. The Morgan fingerprint density at radius 3 is 2.54 bits per heavy atom. The van der Waals surface area contributed by atoms with Gasteiger partial charge in [-0.2, -0.15) is 0 Å². The molecule has 1 aromatic rings. The van der Waals surface area contributed by atoms with E-state index in [0.717, 1.165) is 31.5 Å². The molecule has 1 fully saturated rings. The van der Waals surface area contributed by atoms with Crippen LogP contribution in [-0.2, 0) is 4.79 Å². The first kappa shape index (κ1) is 28.3. The van der Waals surface area contributed by atoms with Crippen molar-refractivity contribution >= 4 is 11.5 Å². The Morgan fingerprint density at radius 2 is 1.86 bits per heavy atom. The van der Waals surface area contributed by atoms with Gasteiger partial charge in [0.1, 0.15) is 19.3 Å². The third-order valence-corrected chi connectivity index (χ3v) is 6.51. The van der Waals surface area contributed by atoms with Crippen molar-refractivity contribution in [2.75, 3.05) is 32.8 Å². The zero-order valence-electron chi connectivity index (χ0n) is 22.3. The largest absolute Gasteiger partial charge is 0.486 e. The Balaban J connectivity index is 1.78. The molecule has 0 saturated carbocycles. The molecule has 0 bridgehead atoms. The summed E-state index contributed by atoms with van der Waals surface area (Å²) in [6, 6.07) is 3.20. The highest BCUT2D eigenvalue weighted by Gasteiger charge is 2.29. The van der Waals surface area contributed by atoms with Gasteiger partial charge < -0.3 is 24.8 Å². The van der Waals surface area contributed by atoms with Gasteiger partial charge in [-0.25, -0.2) is 9.38 Å². The molecule has 2 heterocycles. The van der Waals surface area contributed by atoms with Crippen molar-refractivity contribution in [3.63, 3.8) is 0 Å². The number of ether oxygens (including phenoxy) is 2. The quantitative estimate of drug-likeness (QED) is 0.254. The number of halogens is 1. The van der Waals surface area contributed by atoms with E-state index in [1.54, 1.807) is 26.0 Å². The molecule has 1 aromatic carbocycles. The van der Waals surface area contributed by atoms with Crippen LogP contribution in [0.25, 0.3) is 0 Å². The first-order valence-corrected chi connectivity index (χ1v) is 12.6. The lowest BCUT2D eigenvalue weighted by Crippen LogP contribution is -2.45. The highest BCUT2D eigenvalue weighted by Crippen LogP contribution is 2.37. The van der Waals surface area contributed by atoms with E-state index in [0.29, 0.717) is 48.1 Å². The van der Waals surface area contributed by atoms with Gasteiger partial charge >= 0.3 is 0 Å². The summed E-state index contributed by atoms with van der Waals surface area (Å²) in [5.74, 6) is 0.581. The van der Waals surface area contributed by atoms with Crippen LogP contribution >= 0.6 is 0 Å².